The highest BCUT2D eigenvalue weighted by Gasteiger charge is 2.33. The van der Waals surface area contributed by atoms with E-state index in [1.54, 1.807) is 0 Å². The van der Waals surface area contributed by atoms with Crippen LogP contribution in [0.2, 0.25) is 0 Å². The predicted octanol–water partition coefficient (Wildman–Crippen LogP) is 3.65. The molecule has 2 amide bonds. The Labute approximate surface area is 177 Å². The molecule has 2 aliphatic rings. The summed E-state index contributed by atoms with van der Waals surface area (Å²) in [6.45, 7) is 3.89. The molecule has 2 aromatic carbocycles. The molecule has 0 unspecified atom stereocenters. The predicted molar refractivity (Wildman–Crippen MR) is 115 cm³/mol. The largest absolute Gasteiger partial charge is 0.491 e. The molecular weight excluding hydrogens is 380 g/mol. The number of carbonyl (C=O) groups is 2. The van der Waals surface area contributed by atoms with E-state index in [9.17, 15) is 9.59 Å². The maximum atomic E-state index is 12.7. The molecule has 0 radical (unpaired) electrons. The number of para-hydroxylation sites is 1. The monoisotopic (exact) mass is 408 g/mol. The van der Waals surface area contributed by atoms with Crippen LogP contribution in [0.1, 0.15) is 24.8 Å². The van der Waals surface area contributed by atoms with Gasteiger partial charge in [0.2, 0.25) is 5.91 Å². The molecule has 1 saturated heterocycles. The van der Waals surface area contributed by atoms with Gasteiger partial charge in [-0.3, -0.25) is 9.59 Å². The first-order valence-electron chi connectivity index (χ1n) is 10.6. The standard InChI is InChI=1S/C24H28N2O4/c1-17-7-8-22-21(13-17)25-23(27)14-18-9-11-26(15-19(18)10-12-29-22)24(28)16-30-20-5-3-2-4-6-20/h2-8,13,18-19H,9-12,14-16H2,1H3,(H,25,27)/t18-,19-/m0/s1. The summed E-state index contributed by atoms with van der Waals surface area (Å²) in [7, 11) is 0. The number of amides is 2. The Hall–Kier alpha value is -3.02. The van der Waals surface area contributed by atoms with Gasteiger partial charge < -0.3 is 19.7 Å². The van der Waals surface area contributed by atoms with Crippen molar-refractivity contribution in [2.45, 2.75) is 26.2 Å². The van der Waals surface area contributed by atoms with Gasteiger partial charge in [0.05, 0.1) is 12.3 Å². The number of anilines is 1. The molecule has 158 valence electrons. The number of nitrogens with zero attached hydrogens (tertiary/aromatic N) is 1. The highest BCUT2D eigenvalue weighted by atomic mass is 16.5. The fraction of sp³-hybridized carbons (Fsp3) is 0.417. The van der Waals surface area contributed by atoms with Crippen molar-refractivity contribution in [3.8, 4) is 11.5 Å². The second kappa shape index (κ2) is 9.20. The van der Waals surface area contributed by atoms with Crippen LogP contribution in [0.25, 0.3) is 0 Å². The number of fused-ring (bicyclic) bond motifs is 2. The van der Waals surface area contributed by atoms with Crippen molar-refractivity contribution < 1.29 is 19.1 Å². The summed E-state index contributed by atoms with van der Waals surface area (Å²) in [5.74, 6) is 1.87. The van der Waals surface area contributed by atoms with Crippen molar-refractivity contribution in [1.29, 1.82) is 0 Å². The molecule has 6 heteroatoms. The van der Waals surface area contributed by atoms with Crippen molar-refractivity contribution in [1.82, 2.24) is 4.90 Å². The van der Waals surface area contributed by atoms with Crippen LogP contribution < -0.4 is 14.8 Å². The zero-order valence-electron chi connectivity index (χ0n) is 17.3. The normalized spacial score (nSPS) is 21.5. The number of benzene rings is 2. The number of ether oxygens (including phenoxy) is 2. The molecule has 1 fully saturated rings. The van der Waals surface area contributed by atoms with Crippen molar-refractivity contribution in [3.63, 3.8) is 0 Å². The minimum absolute atomic E-state index is 0.00883. The van der Waals surface area contributed by atoms with Gasteiger partial charge in [-0.2, -0.15) is 0 Å². The lowest BCUT2D eigenvalue weighted by molar-refractivity contribution is -0.136. The molecule has 0 aliphatic carbocycles. The average molecular weight is 408 g/mol. The third-order valence-corrected chi connectivity index (χ3v) is 5.95. The highest BCUT2D eigenvalue weighted by molar-refractivity contribution is 5.92. The van der Waals surface area contributed by atoms with Gasteiger partial charge in [0.25, 0.3) is 5.91 Å². The van der Waals surface area contributed by atoms with Crippen molar-refractivity contribution in [3.05, 3.63) is 54.1 Å². The van der Waals surface area contributed by atoms with Crippen LogP contribution in [0.5, 0.6) is 11.5 Å². The third-order valence-electron chi connectivity index (χ3n) is 5.95. The fourth-order valence-electron chi connectivity index (χ4n) is 4.28. The number of likely N-dealkylation sites (tertiary alicyclic amines) is 1. The third kappa shape index (κ3) is 4.93. The topological polar surface area (TPSA) is 67.9 Å². The molecule has 4 rings (SSSR count). The van der Waals surface area contributed by atoms with Crippen LogP contribution in [-0.4, -0.2) is 43.0 Å². The first-order valence-corrected chi connectivity index (χ1v) is 10.6. The summed E-state index contributed by atoms with van der Waals surface area (Å²) in [5, 5.41) is 3.01. The summed E-state index contributed by atoms with van der Waals surface area (Å²) in [4.78, 5) is 27.2. The molecule has 0 spiro atoms. The van der Waals surface area contributed by atoms with Crippen molar-refractivity contribution >= 4 is 17.5 Å². The van der Waals surface area contributed by atoms with Gasteiger partial charge >= 0.3 is 0 Å². The zero-order chi connectivity index (χ0) is 20.9. The average Bonchev–Trinajstić information content (AvgIpc) is 2.75. The lowest BCUT2D eigenvalue weighted by atomic mass is 9.81. The van der Waals surface area contributed by atoms with Gasteiger partial charge in [-0.1, -0.05) is 24.3 Å². The molecule has 6 nitrogen and oxygen atoms in total. The molecular formula is C24H28N2O4. The molecule has 0 saturated carbocycles. The van der Waals surface area contributed by atoms with E-state index in [0.717, 1.165) is 24.1 Å². The maximum Gasteiger partial charge on any atom is 0.260 e. The summed E-state index contributed by atoms with van der Waals surface area (Å²) in [6.07, 6.45) is 2.10. The smallest absolute Gasteiger partial charge is 0.260 e. The second-order valence-electron chi connectivity index (χ2n) is 8.14. The number of hydrogen-bond acceptors (Lipinski definition) is 4. The molecule has 30 heavy (non-hydrogen) atoms. The molecule has 0 aromatic heterocycles. The second-order valence-corrected chi connectivity index (χ2v) is 8.14. The van der Waals surface area contributed by atoms with Crippen LogP contribution in [0, 0.1) is 18.8 Å². The van der Waals surface area contributed by atoms with E-state index >= 15 is 0 Å². The Morgan fingerprint density at radius 1 is 1.17 bits per heavy atom. The lowest BCUT2D eigenvalue weighted by Gasteiger charge is -2.39. The molecule has 2 atom stereocenters. The van der Waals surface area contributed by atoms with Crippen LogP contribution in [0.3, 0.4) is 0 Å². The first-order chi connectivity index (χ1) is 14.6. The Bertz CT molecular complexity index is 899. The number of aryl methyl sites for hydroxylation is 1. The Morgan fingerprint density at radius 3 is 2.83 bits per heavy atom. The van der Waals surface area contributed by atoms with E-state index in [1.165, 1.54) is 0 Å². The summed E-state index contributed by atoms with van der Waals surface area (Å²) in [6, 6.07) is 15.2. The Balaban J connectivity index is 1.39. The van der Waals surface area contributed by atoms with Gasteiger partial charge in [0.1, 0.15) is 11.5 Å². The molecule has 1 N–H and O–H groups in total. The molecule has 2 aromatic rings. The summed E-state index contributed by atoms with van der Waals surface area (Å²) in [5.41, 5.74) is 1.82. The van der Waals surface area contributed by atoms with E-state index in [1.807, 2.05) is 60.4 Å². The van der Waals surface area contributed by atoms with E-state index < -0.39 is 0 Å². The van der Waals surface area contributed by atoms with E-state index in [4.69, 9.17) is 9.47 Å². The molecule has 0 bridgehead atoms. The fourth-order valence-corrected chi connectivity index (χ4v) is 4.28. The van der Waals surface area contributed by atoms with Gasteiger partial charge in [-0.25, -0.2) is 0 Å². The van der Waals surface area contributed by atoms with E-state index in [2.05, 4.69) is 5.32 Å². The number of carbonyl (C=O) groups excluding carboxylic acids is 2. The number of nitrogens with one attached hydrogen (secondary N) is 1. The number of hydrogen-bond donors (Lipinski definition) is 1. The Kier molecular flexibility index (Phi) is 6.21. The van der Waals surface area contributed by atoms with Crippen LogP contribution in [0.15, 0.2) is 48.5 Å². The summed E-state index contributed by atoms with van der Waals surface area (Å²) < 4.78 is 11.6. The van der Waals surface area contributed by atoms with Gasteiger partial charge in [0.15, 0.2) is 6.61 Å². The van der Waals surface area contributed by atoms with Gasteiger partial charge in [-0.15, -0.1) is 0 Å². The molecule has 2 aliphatic heterocycles. The molecule has 2 heterocycles. The minimum atomic E-state index is -0.0133. The van der Waals surface area contributed by atoms with E-state index in [-0.39, 0.29) is 30.3 Å². The quantitative estimate of drug-likeness (QED) is 0.842. The van der Waals surface area contributed by atoms with Crippen LogP contribution >= 0.6 is 0 Å². The van der Waals surface area contributed by atoms with Gasteiger partial charge in [-0.05, 0) is 61.4 Å². The van der Waals surface area contributed by atoms with Crippen molar-refractivity contribution in [2.75, 3.05) is 31.6 Å². The highest BCUT2D eigenvalue weighted by Crippen LogP contribution is 2.33. The van der Waals surface area contributed by atoms with E-state index in [0.29, 0.717) is 37.6 Å². The van der Waals surface area contributed by atoms with Crippen LogP contribution in [0.4, 0.5) is 5.69 Å². The van der Waals surface area contributed by atoms with Crippen LogP contribution in [-0.2, 0) is 9.59 Å². The summed E-state index contributed by atoms with van der Waals surface area (Å²) >= 11 is 0. The van der Waals surface area contributed by atoms with Gasteiger partial charge in [0, 0.05) is 19.5 Å². The lowest BCUT2D eigenvalue weighted by Crippen LogP contribution is -2.46. The minimum Gasteiger partial charge on any atom is -0.491 e. The first kappa shape index (κ1) is 20.3. The Morgan fingerprint density at radius 2 is 2.00 bits per heavy atom. The number of piperidine rings is 1. The zero-order valence-corrected chi connectivity index (χ0v) is 17.3. The number of rotatable bonds is 3. The van der Waals surface area contributed by atoms with Crippen molar-refractivity contribution in [2.24, 2.45) is 11.8 Å². The maximum absolute atomic E-state index is 12.7. The SMILES string of the molecule is Cc1ccc2c(c1)NC(=O)C[C@@H]1CCN(C(=O)COc3ccccc3)C[C@@H]1CCO2.